The Labute approximate surface area is 217 Å². The predicted octanol–water partition coefficient (Wildman–Crippen LogP) is 3.13. The first-order chi connectivity index (χ1) is 16.2. The molecule has 4 N–H and O–H groups in total. The second-order valence-electron chi connectivity index (χ2n) is 7.12. The highest BCUT2D eigenvalue weighted by molar-refractivity contribution is 14.0. The number of nitrogens with one attached hydrogen (secondary N) is 2. The fraction of sp³-hybridized carbons (Fsp3) is 0.292. The number of methoxy groups -OCH3 is 1. The molecule has 1 aromatic heterocycles. The third-order valence-corrected chi connectivity index (χ3v) is 4.94. The highest BCUT2D eigenvalue weighted by atomic mass is 127. The molecule has 0 bridgehead atoms. The highest BCUT2D eigenvalue weighted by Crippen LogP contribution is 2.21. The number of benzene rings is 2. The number of ether oxygens (including phenoxy) is 2. The van der Waals surface area contributed by atoms with Crippen LogP contribution in [0, 0.1) is 11.3 Å². The maximum absolute atomic E-state index is 9.53. The van der Waals surface area contributed by atoms with Crippen LogP contribution in [0.3, 0.4) is 0 Å². The number of hydrogen-bond acceptors (Lipinski definition) is 6. The molecular formula is C24H30IN7O2. The second kappa shape index (κ2) is 13.9. The summed E-state index contributed by atoms with van der Waals surface area (Å²) in [5.74, 6) is 2.62. The Hall–Kier alpha value is -3.46. The van der Waals surface area contributed by atoms with Gasteiger partial charge in [0.25, 0.3) is 0 Å². The van der Waals surface area contributed by atoms with Gasteiger partial charge >= 0.3 is 0 Å². The number of para-hydroxylation sites is 1. The number of nitrogens with two attached hydrogens (primary N) is 1. The van der Waals surface area contributed by atoms with Crippen molar-refractivity contribution in [2.45, 2.75) is 12.8 Å². The van der Waals surface area contributed by atoms with Crippen molar-refractivity contribution in [2.24, 2.45) is 4.99 Å². The van der Waals surface area contributed by atoms with Crippen LogP contribution in [-0.2, 0) is 6.42 Å². The molecule has 180 valence electrons. The first kappa shape index (κ1) is 26.8. The quantitative estimate of drug-likeness (QED) is 0.147. The Morgan fingerprint density at radius 2 is 1.76 bits per heavy atom. The van der Waals surface area contributed by atoms with Gasteiger partial charge in [-0.1, -0.05) is 18.2 Å². The van der Waals surface area contributed by atoms with Gasteiger partial charge in [-0.05, 0) is 49.2 Å². The molecule has 1 heterocycles. The lowest BCUT2D eigenvalue weighted by Crippen LogP contribution is -2.39. The third-order valence-electron chi connectivity index (χ3n) is 4.94. The normalized spacial score (nSPS) is 10.7. The molecule has 3 rings (SSSR count). The van der Waals surface area contributed by atoms with Gasteiger partial charge in [-0.25, -0.2) is 4.68 Å². The lowest BCUT2D eigenvalue weighted by Gasteiger charge is -2.12. The summed E-state index contributed by atoms with van der Waals surface area (Å²) in [5.41, 5.74) is 8.11. The number of hydrogen-bond donors (Lipinski definition) is 3. The maximum atomic E-state index is 9.53. The topological polar surface area (TPSA) is 123 Å². The van der Waals surface area contributed by atoms with Crippen LogP contribution >= 0.6 is 24.0 Å². The molecule has 0 saturated heterocycles. The van der Waals surface area contributed by atoms with Crippen LogP contribution in [-0.4, -0.2) is 49.6 Å². The molecule has 0 aliphatic heterocycles. The average molecular weight is 575 g/mol. The number of aromatic nitrogens is 2. The highest BCUT2D eigenvalue weighted by Gasteiger charge is 2.16. The fourth-order valence-electron chi connectivity index (χ4n) is 3.23. The molecule has 0 fully saturated rings. The minimum atomic E-state index is 0. The zero-order chi connectivity index (χ0) is 23.5. The zero-order valence-corrected chi connectivity index (χ0v) is 21.7. The predicted molar refractivity (Wildman–Crippen MR) is 144 cm³/mol. The Morgan fingerprint density at radius 1 is 1.09 bits per heavy atom. The summed E-state index contributed by atoms with van der Waals surface area (Å²) >= 11 is 0. The van der Waals surface area contributed by atoms with Crippen LogP contribution in [0.25, 0.3) is 5.69 Å². The number of aliphatic imine (C=N–C) groups is 1. The van der Waals surface area contributed by atoms with Crippen molar-refractivity contribution in [2.75, 3.05) is 39.6 Å². The average Bonchev–Trinajstić information content (AvgIpc) is 3.18. The van der Waals surface area contributed by atoms with E-state index in [0.717, 1.165) is 23.6 Å². The standard InChI is InChI=1S/C24H29N7O2.HI/c1-27-24(29-15-16-33-20-12-10-19(32-2)11-13-20)28-14-6-9-22-21(17-25)23(26)31(30-22)18-7-4-3-5-8-18;/h3-5,7-8,10-13H,6,9,14-16,26H2,1-2H3,(H2,27,28,29);1H. The van der Waals surface area contributed by atoms with E-state index in [1.54, 1.807) is 18.8 Å². The summed E-state index contributed by atoms with van der Waals surface area (Å²) in [5, 5.41) is 20.6. The maximum Gasteiger partial charge on any atom is 0.191 e. The molecule has 0 spiro atoms. The van der Waals surface area contributed by atoms with E-state index < -0.39 is 0 Å². The Balaban J connectivity index is 0.00000408. The van der Waals surface area contributed by atoms with E-state index in [9.17, 15) is 5.26 Å². The number of guanidine groups is 1. The molecule has 0 atom stereocenters. The number of nitrogen functional groups attached to an aromatic ring is 1. The van der Waals surface area contributed by atoms with Crippen LogP contribution in [0.1, 0.15) is 17.7 Å². The molecule has 0 radical (unpaired) electrons. The Kier molecular flexibility index (Phi) is 11.0. The number of nitriles is 1. The van der Waals surface area contributed by atoms with E-state index in [2.05, 4.69) is 26.8 Å². The lowest BCUT2D eigenvalue weighted by molar-refractivity contribution is 0.321. The van der Waals surface area contributed by atoms with Crippen molar-refractivity contribution in [3.05, 3.63) is 65.9 Å². The first-order valence-electron chi connectivity index (χ1n) is 10.7. The van der Waals surface area contributed by atoms with Crippen LogP contribution in [0.4, 0.5) is 5.82 Å². The van der Waals surface area contributed by atoms with Gasteiger partial charge in [0.1, 0.15) is 35.6 Å². The van der Waals surface area contributed by atoms with Gasteiger partial charge in [-0.3, -0.25) is 4.99 Å². The summed E-state index contributed by atoms with van der Waals surface area (Å²) in [4.78, 5) is 4.22. The first-order valence-corrected chi connectivity index (χ1v) is 10.7. The molecule has 0 amide bonds. The van der Waals surface area contributed by atoms with Crippen LogP contribution in [0.2, 0.25) is 0 Å². The van der Waals surface area contributed by atoms with Gasteiger partial charge in [0.2, 0.25) is 0 Å². The zero-order valence-electron chi connectivity index (χ0n) is 19.3. The smallest absolute Gasteiger partial charge is 0.191 e. The van der Waals surface area contributed by atoms with Gasteiger partial charge in [-0.15, -0.1) is 24.0 Å². The van der Waals surface area contributed by atoms with Crippen molar-refractivity contribution in [1.29, 1.82) is 5.26 Å². The van der Waals surface area contributed by atoms with E-state index in [4.69, 9.17) is 15.2 Å². The number of nitrogens with zero attached hydrogens (tertiary/aromatic N) is 4. The summed E-state index contributed by atoms with van der Waals surface area (Å²) in [6.07, 6.45) is 1.39. The summed E-state index contributed by atoms with van der Waals surface area (Å²) in [6, 6.07) is 19.2. The van der Waals surface area contributed by atoms with E-state index in [1.165, 1.54) is 0 Å². The molecule has 0 unspecified atom stereocenters. The molecule has 3 aromatic rings. The molecule has 2 aromatic carbocycles. The van der Waals surface area contributed by atoms with E-state index in [-0.39, 0.29) is 24.0 Å². The van der Waals surface area contributed by atoms with Crippen molar-refractivity contribution in [1.82, 2.24) is 20.4 Å². The van der Waals surface area contributed by atoms with Crippen molar-refractivity contribution >= 4 is 35.8 Å². The van der Waals surface area contributed by atoms with E-state index in [1.807, 2.05) is 54.6 Å². The minimum absolute atomic E-state index is 0. The monoisotopic (exact) mass is 575 g/mol. The number of anilines is 1. The molecule has 10 heteroatoms. The molecule has 0 saturated carbocycles. The fourth-order valence-corrected chi connectivity index (χ4v) is 3.23. The van der Waals surface area contributed by atoms with Crippen molar-refractivity contribution in [3.63, 3.8) is 0 Å². The van der Waals surface area contributed by atoms with Gasteiger partial charge in [-0.2, -0.15) is 10.4 Å². The third kappa shape index (κ3) is 7.28. The lowest BCUT2D eigenvalue weighted by atomic mass is 10.1. The summed E-state index contributed by atoms with van der Waals surface area (Å²) < 4.78 is 12.5. The Bertz CT molecular complexity index is 1090. The van der Waals surface area contributed by atoms with Crippen LogP contribution in [0.15, 0.2) is 59.6 Å². The van der Waals surface area contributed by atoms with Crippen LogP contribution < -0.4 is 25.8 Å². The van der Waals surface area contributed by atoms with E-state index in [0.29, 0.717) is 49.2 Å². The van der Waals surface area contributed by atoms with Gasteiger partial charge in [0.15, 0.2) is 5.96 Å². The number of halogens is 1. The molecule has 9 nitrogen and oxygen atoms in total. The van der Waals surface area contributed by atoms with Gasteiger partial charge < -0.3 is 25.8 Å². The molecular weight excluding hydrogens is 545 g/mol. The molecule has 0 aliphatic carbocycles. The summed E-state index contributed by atoms with van der Waals surface area (Å²) in [6.45, 7) is 1.76. The molecule has 0 aliphatic rings. The van der Waals surface area contributed by atoms with Crippen molar-refractivity contribution < 1.29 is 9.47 Å². The number of aryl methyl sites for hydroxylation is 1. The number of rotatable bonds is 10. The summed E-state index contributed by atoms with van der Waals surface area (Å²) in [7, 11) is 3.35. The Morgan fingerprint density at radius 3 is 2.41 bits per heavy atom. The van der Waals surface area contributed by atoms with E-state index >= 15 is 0 Å². The van der Waals surface area contributed by atoms with Crippen molar-refractivity contribution in [3.8, 4) is 23.3 Å². The SMILES string of the molecule is CN=C(NCCCc1nn(-c2ccccc2)c(N)c1C#N)NCCOc1ccc(OC)cc1.I. The van der Waals surface area contributed by atoms with Gasteiger partial charge in [0, 0.05) is 13.6 Å². The van der Waals surface area contributed by atoms with Crippen LogP contribution in [0.5, 0.6) is 11.5 Å². The minimum Gasteiger partial charge on any atom is -0.497 e. The second-order valence-corrected chi connectivity index (χ2v) is 7.12. The van der Waals surface area contributed by atoms with Gasteiger partial charge in [0.05, 0.1) is 25.0 Å². The molecule has 34 heavy (non-hydrogen) atoms. The largest absolute Gasteiger partial charge is 0.497 e.